The van der Waals surface area contributed by atoms with E-state index in [0.29, 0.717) is 11.1 Å². The number of nitrogens with zero attached hydrogens (tertiary/aromatic N) is 3. The van der Waals surface area contributed by atoms with Crippen LogP contribution in [-0.2, 0) is 0 Å². The van der Waals surface area contributed by atoms with Gasteiger partial charge >= 0.3 is 6.01 Å². The molecule has 0 aliphatic carbocycles. The van der Waals surface area contributed by atoms with Crippen molar-refractivity contribution < 1.29 is 13.5 Å². The third kappa shape index (κ3) is 1.95. The normalized spacial score (nSPS) is 10.8. The summed E-state index contributed by atoms with van der Waals surface area (Å²) in [4.78, 5) is 11.7. The Morgan fingerprint density at radius 1 is 1.26 bits per heavy atom. The molecule has 3 rings (SSSR count). The van der Waals surface area contributed by atoms with Gasteiger partial charge in [0.2, 0.25) is 11.8 Å². The van der Waals surface area contributed by atoms with Crippen LogP contribution in [0.25, 0.3) is 22.6 Å². The van der Waals surface area contributed by atoms with E-state index in [9.17, 15) is 4.39 Å². The second-order valence-corrected chi connectivity index (χ2v) is 3.77. The molecule has 0 fully saturated rings. The van der Waals surface area contributed by atoms with Crippen molar-refractivity contribution in [3.05, 3.63) is 30.1 Å². The number of ether oxygens (including phenoxy) is 1. The maximum absolute atomic E-state index is 13.5. The Hall–Kier alpha value is -2.70. The number of rotatable bonds is 2. The number of anilines is 1. The van der Waals surface area contributed by atoms with Crippen LogP contribution >= 0.6 is 0 Å². The molecule has 0 spiro atoms. The molecule has 0 amide bonds. The van der Waals surface area contributed by atoms with Crippen LogP contribution in [0.3, 0.4) is 0 Å². The summed E-state index contributed by atoms with van der Waals surface area (Å²) in [6.07, 6.45) is 0. The molecule has 2 aromatic heterocycles. The van der Waals surface area contributed by atoms with E-state index in [0.717, 1.165) is 0 Å². The number of benzene rings is 1. The van der Waals surface area contributed by atoms with Crippen LogP contribution in [0, 0.1) is 5.82 Å². The summed E-state index contributed by atoms with van der Waals surface area (Å²) >= 11 is 0. The number of nitrogens with two attached hydrogens (primary N) is 1. The number of hydrogen-bond acceptors (Lipinski definition) is 6. The fourth-order valence-corrected chi connectivity index (χ4v) is 1.71. The molecular weight excluding hydrogens is 251 g/mol. The zero-order valence-corrected chi connectivity index (χ0v) is 9.92. The highest BCUT2D eigenvalue weighted by Crippen LogP contribution is 2.28. The first-order chi connectivity index (χ1) is 9.17. The minimum atomic E-state index is -0.447. The molecule has 3 aromatic rings. The largest absolute Gasteiger partial charge is 0.467 e. The summed E-state index contributed by atoms with van der Waals surface area (Å²) in [5.74, 6) is 0.0490. The summed E-state index contributed by atoms with van der Waals surface area (Å²) in [6, 6.07) is 6.35. The maximum atomic E-state index is 13.5. The fraction of sp³-hybridized carbons (Fsp3) is 0.0833. The van der Waals surface area contributed by atoms with Crippen LogP contribution in [0.2, 0.25) is 0 Å². The molecule has 6 nitrogen and oxygen atoms in total. The number of nitrogen functional groups attached to an aromatic ring is 1. The molecule has 7 heteroatoms. The van der Waals surface area contributed by atoms with E-state index in [2.05, 4.69) is 15.0 Å². The van der Waals surface area contributed by atoms with Crippen molar-refractivity contribution in [3.8, 4) is 17.6 Å². The Kier molecular flexibility index (Phi) is 2.52. The lowest BCUT2D eigenvalue weighted by molar-refractivity contribution is 0.379. The van der Waals surface area contributed by atoms with Crippen molar-refractivity contribution >= 4 is 16.9 Å². The minimum absolute atomic E-state index is 0.00257. The molecular formula is C12H9FN4O2. The molecule has 0 saturated carbocycles. The molecule has 96 valence electrons. The van der Waals surface area contributed by atoms with Gasteiger partial charge in [-0.3, -0.25) is 0 Å². The number of methoxy groups -OCH3 is 1. The zero-order chi connectivity index (χ0) is 13.4. The van der Waals surface area contributed by atoms with Crippen LogP contribution in [0.1, 0.15) is 0 Å². The highest BCUT2D eigenvalue weighted by molar-refractivity contribution is 5.82. The number of furan rings is 1. The minimum Gasteiger partial charge on any atom is -0.467 e. The van der Waals surface area contributed by atoms with Crippen LogP contribution in [0.5, 0.6) is 6.01 Å². The van der Waals surface area contributed by atoms with Crippen molar-refractivity contribution in [3.63, 3.8) is 0 Å². The molecule has 19 heavy (non-hydrogen) atoms. The highest BCUT2D eigenvalue weighted by atomic mass is 19.1. The van der Waals surface area contributed by atoms with Gasteiger partial charge in [0.15, 0.2) is 17.2 Å². The predicted molar refractivity (Wildman–Crippen MR) is 66.0 cm³/mol. The number of hydrogen-bond donors (Lipinski definition) is 1. The maximum Gasteiger partial charge on any atom is 0.321 e. The molecule has 0 atom stereocenters. The molecule has 0 radical (unpaired) electrons. The van der Waals surface area contributed by atoms with Crippen molar-refractivity contribution in [2.45, 2.75) is 0 Å². The van der Waals surface area contributed by atoms with Crippen molar-refractivity contribution in [2.75, 3.05) is 12.8 Å². The summed E-state index contributed by atoms with van der Waals surface area (Å²) in [5.41, 5.74) is 5.69. The standard InChI is InChI=1S/C12H9FN4O2/c1-18-12-16-10(15-11(14)17-12)8-5-6-3-2-4-7(13)9(6)19-8/h2-5H,1H3,(H2,14,15,16,17). The summed E-state index contributed by atoms with van der Waals surface area (Å²) < 4.78 is 23.8. The average Bonchev–Trinajstić information content (AvgIpc) is 2.83. The molecule has 0 saturated heterocycles. The quantitative estimate of drug-likeness (QED) is 0.758. The van der Waals surface area contributed by atoms with Gasteiger partial charge in [0.25, 0.3) is 0 Å². The first kappa shape index (κ1) is 11.4. The third-order valence-corrected chi connectivity index (χ3v) is 2.53. The van der Waals surface area contributed by atoms with Gasteiger partial charge in [-0.2, -0.15) is 15.0 Å². The smallest absolute Gasteiger partial charge is 0.321 e. The Bertz CT molecular complexity index is 757. The van der Waals surface area contributed by atoms with E-state index in [4.69, 9.17) is 14.9 Å². The van der Waals surface area contributed by atoms with Crippen LogP contribution in [0.4, 0.5) is 10.3 Å². The number of aromatic nitrogens is 3. The lowest BCUT2D eigenvalue weighted by atomic mass is 10.2. The first-order valence-corrected chi connectivity index (χ1v) is 5.41. The molecule has 0 aliphatic rings. The number of halogens is 1. The number of para-hydroxylation sites is 1. The Balaban J connectivity index is 2.19. The second kappa shape index (κ2) is 4.20. The molecule has 1 aromatic carbocycles. The summed E-state index contributed by atoms with van der Waals surface area (Å²) in [6.45, 7) is 0. The van der Waals surface area contributed by atoms with Crippen LogP contribution < -0.4 is 10.5 Å². The second-order valence-electron chi connectivity index (χ2n) is 3.77. The molecule has 2 N–H and O–H groups in total. The fourth-order valence-electron chi connectivity index (χ4n) is 1.71. The average molecular weight is 260 g/mol. The van der Waals surface area contributed by atoms with Crippen molar-refractivity contribution in [1.82, 2.24) is 15.0 Å². The van der Waals surface area contributed by atoms with Crippen LogP contribution in [-0.4, -0.2) is 22.1 Å². The van der Waals surface area contributed by atoms with Crippen LogP contribution in [0.15, 0.2) is 28.7 Å². The van der Waals surface area contributed by atoms with E-state index in [1.54, 1.807) is 18.2 Å². The predicted octanol–water partition coefficient (Wildman–Crippen LogP) is 2.01. The first-order valence-electron chi connectivity index (χ1n) is 5.41. The Morgan fingerprint density at radius 3 is 2.84 bits per heavy atom. The molecule has 0 unspecified atom stereocenters. The summed E-state index contributed by atoms with van der Waals surface area (Å²) in [5, 5.41) is 0.618. The van der Waals surface area contributed by atoms with Gasteiger partial charge in [0.1, 0.15) is 0 Å². The van der Waals surface area contributed by atoms with Gasteiger partial charge < -0.3 is 14.9 Å². The van der Waals surface area contributed by atoms with E-state index in [1.165, 1.54) is 13.2 Å². The van der Waals surface area contributed by atoms with E-state index in [-0.39, 0.29) is 23.4 Å². The Morgan fingerprint density at radius 2 is 2.11 bits per heavy atom. The van der Waals surface area contributed by atoms with Gasteiger partial charge in [0.05, 0.1) is 7.11 Å². The SMILES string of the molecule is COc1nc(N)nc(-c2cc3cccc(F)c3o2)n1. The lowest BCUT2D eigenvalue weighted by Gasteiger charge is -2.00. The molecule has 0 bridgehead atoms. The van der Waals surface area contributed by atoms with Gasteiger partial charge in [-0.25, -0.2) is 4.39 Å². The van der Waals surface area contributed by atoms with E-state index >= 15 is 0 Å². The van der Waals surface area contributed by atoms with Gasteiger partial charge in [-0.1, -0.05) is 12.1 Å². The topological polar surface area (TPSA) is 87.1 Å². The van der Waals surface area contributed by atoms with Gasteiger partial charge in [0, 0.05) is 5.39 Å². The van der Waals surface area contributed by atoms with E-state index in [1.807, 2.05) is 0 Å². The molecule has 0 aliphatic heterocycles. The number of fused-ring (bicyclic) bond motifs is 1. The third-order valence-electron chi connectivity index (χ3n) is 2.53. The molecule has 2 heterocycles. The summed E-state index contributed by atoms with van der Waals surface area (Å²) in [7, 11) is 1.41. The zero-order valence-electron chi connectivity index (χ0n) is 9.92. The van der Waals surface area contributed by atoms with Crippen molar-refractivity contribution in [2.24, 2.45) is 0 Å². The van der Waals surface area contributed by atoms with Crippen molar-refractivity contribution in [1.29, 1.82) is 0 Å². The lowest BCUT2D eigenvalue weighted by Crippen LogP contribution is -2.02. The monoisotopic (exact) mass is 260 g/mol. The van der Waals surface area contributed by atoms with Gasteiger partial charge in [-0.05, 0) is 12.1 Å². The Labute approximate surface area is 107 Å². The highest BCUT2D eigenvalue weighted by Gasteiger charge is 2.14. The van der Waals surface area contributed by atoms with Gasteiger partial charge in [-0.15, -0.1) is 0 Å². The van der Waals surface area contributed by atoms with E-state index < -0.39 is 5.82 Å².